The van der Waals surface area contributed by atoms with Gasteiger partial charge >= 0.3 is 5.97 Å². The van der Waals surface area contributed by atoms with Crippen LogP contribution < -0.4 is 5.73 Å². The average molecular weight is 251 g/mol. The number of carboxylic acid groups (broad SMARTS) is 1. The fourth-order valence-corrected chi connectivity index (χ4v) is 2.59. The maximum absolute atomic E-state index is 13.3. The molecule has 0 heterocycles. The molecule has 0 spiro atoms. The SMILES string of the molecule is NCC(CC1CCC1)(C(=O)O)c1cccc(F)c1. The predicted molar refractivity (Wildman–Crippen MR) is 66.7 cm³/mol. The molecule has 3 nitrogen and oxygen atoms in total. The zero-order valence-electron chi connectivity index (χ0n) is 10.2. The summed E-state index contributed by atoms with van der Waals surface area (Å²) < 4.78 is 13.3. The summed E-state index contributed by atoms with van der Waals surface area (Å²) in [6.07, 6.45) is 3.74. The molecule has 1 atom stereocenters. The lowest BCUT2D eigenvalue weighted by molar-refractivity contribution is -0.144. The van der Waals surface area contributed by atoms with Crippen LogP contribution in [0.25, 0.3) is 0 Å². The number of carboxylic acids is 1. The summed E-state index contributed by atoms with van der Waals surface area (Å²) in [6.45, 7) is 0.00227. The second-order valence-electron chi connectivity index (χ2n) is 5.10. The monoisotopic (exact) mass is 251 g/mol. The van der Waals surface area contributed by atoms with Gasteiger partial charge in [-0.3, -0.25) is 4.79 Å². The summed E-state index contributed by atoms with van der Waals surface area (Å²) in [5, 5.41) is 9.53. The molecule has 4 heteroatoms. The number of hydrogen-bond acceptors (Lipinski definition) is 2. The molecular formula is C14H18FNO2. The zero-order chi connectivity index (χ0) is 13.2. The molecule has 1 fully saturated rings. The fourth-order valence-electron chi connectivity index (χ4n) is 2.59. The van der Waals surface area contributed by atoms with Crippen LogP contribution in [0.15, 0.2) is 24.3 Å². The zero-order valence-corrected chi connectivity index (χ0v) is 10.2. The number of rotatable bonds is 5. The van der Waals surface area contributed by atoms with Crippen molar-refractivity contribution < 1.29 is 14.3 Å². The molecule has 3 N–H and O–H groups in total. The van der Waals surface area contributed by atoms with Crippen molar-refractivity contribution in [3.63, 3.8) is 0 Å². The summed E-state index contributed by atoms with van der Waals surface area (Å²) in [4.78, 5) is 11.6. The topological polar surface area (TPSA) is 63.3 Å². The van der Waals surface area contributed by atoms with Gasteiger partial charge in [-0.15, -0.1) is 0 Å². The summed E-state index contributed by atoms with van der Waals surface area (Å²) in [5.41, 5.74) is 5.05. The Hall–Kier alpha value is -1.42. The highest BCUT2D eigenvalue weighted by atomic mass is 19.1. The van der Waals surface area contributed by atoms with Gasteiger partial charge in [-0.25, -0.2) is 4.39 Å². The van der Waals surface area contributed by atoms with Crippen molar-refractivity contribution in [2.45, 2.75) is 31.1 Å². The van der Waals surface area contributed by atoms with E-state index in [2.05, 4.69) is 0 Å². The Bertz CT molecular complexity index is 445. The van der Waals surface area contributed by atoms with Crippen LogP contribution in [0, 0.1) is 11.7 Å². The molecule has 1 aromatic rings. The normalized spacial score (nSPS) is 19.0. The lowest BCUT2D eigenvalue weighted by atomic mass is 9.68. The lowest BCUT2D eigenvalue weighted by Gasteiger charge is -2.36. The molecule has 1 aliphatic carbocycles. The summed E-state index contributed by atoms with van der Waals surface area (Å²) >= 11 is 0. The van der Waals surface area contributed by atoms with Gasteiger partial charge in [-0.05, 0) is 30.0 Å². The Morgan fingerprint density at radius 2 is 2.22 bits per heavy atom. The number of carbonyl (C=O) groups is 1. The third kappa shape index (κ3) is 2.25. The standard InChI is InChI=1S/C14H18FNO2/c15-12-6-2-5-11(7-12)14(9-16,13(17)18)8-10-3-1-4-10/h2,5-7,10H,1,3-4,8-9,16H2,(H,17,18). The number of aliphatic carboxylic acids is 1. The van der Waals surface area contributed by atoms with Crippen LogP contribution >= 0.6 is 0 Å². The molecule has 1 aromatic carbocycles. The third-order valence-electron chi connectivity index (χ3n) is 4.00. The minimum atomic E-state index is -1.15. The number of hydrogen-bond donors (Lipinski definition) is 2. The highest BCUT2D eigenvalue weighted by molar-refractivity contribution is 5.81. The van der Waals surface area contributed by atoms with Gasteiger partial charge in [-0.1, -0.05) is 31.4 Å². The molecule has 0 bridgehead atoms. The quantitative estimate of drug-likeness (QED) is 0.844. The first-order valence-electron chi connectivity index (χ1n) is 6.28. The molecule has 1 aliphatic rings. The highest BCUT2D eigenvalue weighted by Crippen LogP contribution is 2.39. The van der Waals surface area contributed by atoms with E-state index in [9.17, 15) is 14.3 Å². The Morgan fingerprint density at radius 1 is 1.50 bits per heavy atom. The van der Waals surface area contributed by atoms with Crippen molar-refractivity contribution >= 4 is 5.97 Å². The largest absolute Gasteiger partial charge is 0.481 e. The van der Waals surface area contributed by atoms with Crippen LogP contribution in [0.3, 0.4) is 0 Å². The maximum atomic E-state index is 13.3. The smallest absolute Gasteiger partial charge is 0.315 e. The van der Waals surface area contributed by atoms with Gasteiger partial charge in [0.25, 0.3) is 0 Å². The predicted octanol–water partition coefficient (Wildman–Crippen LogP) is 2.30. The Balaban J connectivity index is 2.36. The summed E-state index contributed by atoms with van der Waals surface area (Å²) in [6, 6.07) is 5.80. The first kappa shape index (κ1) is 13.0. The maximum Gasteiger partial charge on any atom is 0.315 e. The van der Waals surface area contributed by atoms with Crippen LogP contribution in [-0.2, 0) is 10.2 Å². The van der Waals surface area contributed by atoms with Crippen LogP contribution in [0.5, 0.6) is 0 Å². The van der Waals surface area contributed by atoms with Crippen molar-refractivity contribution in [3.8, 4) is 0 Å². The van der Waals surface area contributed by atoms with E-state index in [-0.39, 0.29) is 6.54 Å². The van der Waals surface area contributed by atoms with Crippen molar-refractivity contribution in [3.05, 3.63) is 35.6 Å². The highest BCUT2D eigenvalue weighted by Gasteiger charge is 2.42. The fraction of sp³-hybridized carbons (Fsp3) is 0.500. The Kier molecular flexibility index (Phi) is 3.66. The molecule has 1 unspecified atom stereocenters. The van der Waals surface area contributed by atoms with E-state index in [1.54, 1.807) is 12.1 Å². The van der Waals surface area contributed by atoms with Crippen molar-refractivity contribution in [1.82, 2.24) is 0 Å². The van der Waals surface area contributed by atoms with Crippen LogP contribution in [-0.4, -0.2) is 17.6 Å². The van der Waals surface area contributed by atoms with Gasteiger partial charge in [-0.2, -0.15) is 0 Å². The van der Waals surface area contributed by atoms with Gasteiger partial charge < -0.3 is 10.8 Å². The molecular weight excluding hydrogens is 233 g/mol. The van der Waals surface area contributed by atoms with E-state index in [4.69, 9.17) is 5.73 Å². The van der Waals surface area contributed by atoms with Gasteiger partial charge in [0.1, 0.15) is 11.2 Å². The van der Waals surface area contributed by atoms with E-state index < -0.39 is 17.2 Å². The third-order valence-corrected chi connectivity index (χ3v) is 4.00. The van der Waals surface area contributed by atoms with Gasteiger partial charge in [0.2, 0.25) is 0 Å². The molecule has 18 heavy (non-hydrogen) atoms. The molecule has 0 aromatic heterocycles. The van der Waals surface area contributed by atoms with E-state index in [1.807, 2.05) is 0 Å². The molecule has 0 aliphatic heterocycles. The van der Waals surface area contributed by atoms with Crippen molar-refractivity contribution in [2.75, 3.05) is 6.54 Å². The van der Waals surface area contributed by atoms with Crippen molar-refractivity contribution in [2.24, 2.45) is 11.7 Å². The number of nitrogens with two attached hydrogens (primary N) is 1. The molecule has 2 rings (SSSR count). The van der Waals surface area contributed by atoms with Gasteiger partial charge in [0.15, 0.2) is 0 Å². The van der Waals surface area contributed by atoms with Crippen molar-refractivity contribution in [1.29, 1.82) is 0 Å². The molecule has 98 valence electrons. The van der Waals surface area contributed by atoms with E-state index >= 15 is 0 Å². The number of halogens is 1. The van der Waals surface area contributed by atoms with Crippen LogP contribution in [0.4, 0.5) is 4.39 Å². The molecule has 0 amide bonds. The Labute approximate surface area is 106 Å². The molecule has 0 radical (unpaired) electrons. The summed E-state index contributed by atoms with van der Waals surface area (Å²) in [7, 11) is 0. The minimum Gasteiger partial charge on any atom is -0.481 e. The van der Waals surface area contributed by atoms with E-state index in [0.29, 0.717) is 17.9 Å². The lowest BCUT2D eigenvalue weighted by Crippen LogP contribution is -2.45. The summed E-state index contributed by atoms with van der Waals surface area (Å²) in [5.74, 6) is -0.976. The van der Waals surface area contributed by atoms with E-state index in [1.165, 1.54) is 12.1 Å². The molecule has 0 saturated heterocycles. The van der Waals surface area contributed by atoms with E-state index in [0.717, 1.165) is 19.3 Å². The molecule has 1 saturated carbocycles. The first-order chi connectivity index (χ1) is 8.58. The van der Waals surface area contributed by atoms with Crippen LogP contribution in [0.1, 0.15) is 31.2 Å². The average Bonchev–Trinajstić information content (AvgIpc) is 2.28. The second kappa shape index (κ2) is 5.06. The van der Waals surface area contributed by atoms with Gasteiger partial charge in [0.05, 0.1) is 0 Å². The minimum absolute atomic E-state index is 0.00227. The first-order valence-corrected chi connectivity index (χ1v) is 6.28. The van der Waals surface area contributed by atoms with Gasteiger partial charge in [0, 0.05) is 6.54 Å². The second-order valence-corrected chi connectivity index (χ2v) is 5.10. The van der Waals surface area contributed by atoms with Crippen LogP contribution in [0.2, 0.25) is 0 Å². The number of benzene rings is 1. The Morgan fingerprint density at radius 3 is 2.67 bits per heavy atom.